The van der Waals surface area contributed by atoms with Gasteiger partial charge in [-0.05, 0) is 18.9 Å². The van der Waals surface area contributed by atoms with Gasteiger partial charge >= 0.3 is 0 Å². The van der Waals surface area contributed by atoms with Crippen LogP contribution in [-0.2, 0) is 0 Å². The third-order valence-electron chi connectivity index (χ3n) is 1.40. The van der Waals surface area contributed by atoms with Crippen molar-refractivity contribution < 1.29 is 0 Å². The Bertz CT molecular complexity index is 68.5. The molecule has 0 spiro atoms. The number of rotatable bonds is 3. The molecule has 0 aliphatic rings. The van der Waals surface area contributed by atoms with E-state index in [-0.39, 0.29) is 0 Å². The van der Waals surface area contributed by atoms with Gasteiger partial charge in [-0.25, -0.2) is 0 Å². The molecule has 0 saturated carbocycles. The average Bonchev–Trinajstić information content (AvgIpc) is 1.83. The van der Waals surface area contributed by atoms with Crippen LogP contribution < -0.4 is 0 Å². The van der Waals surface area contributed by atoms with Gasteiger partial charge in [-0.1, -0.05) is 25.5 Å². The summed E-state index contributed by atoms with van der Waals surface area (Å²) in [6, 6.07) is 1.33. The highest BCUT2D eigenvalue weighted by Gasteiger charge is 1.84. The van der Waals surface area contributed by atoms with Gasteiger partial charge in [0.05, 0.1) is 0 Å². The second-order valence-corrected chi connectivity index (χ2v) is 2.79. The maximum atomic E-state index is 2.38. The quantitative estimate of drug-likeness (QED) is 0.399. The van der Waals surface area contributed by atoms with Crippen molar-refractivity contribution in [2.24, 2.45) is 0 Å². The third-order valence-corrected chi connectivity index (χ3v) is 1.81. The Kier molecular flexibility index (Phi) is 5.07. The third kappa shape index (κ3) is 3.02. The van der Waals surface area contributed by atoms with Crippen LogP contribution in [0.25, 0.3) is 0 Å². The zero-order chi connectivity index (χ0) is 6.41. The lowest BCUT2D eigenvalue weighted by molar-refractivity contribution is 0.972. The van der Waals surface area contributed by atoms with Crippen molar-refractivity contribution in [2.75, 3.05) is 0 Å². The molecule has 1 heteroatoms. The van der Waals surface area contributed by atoms with Crippen molar-refractivity contribution in [2.45, 2.75) is 32.7 Å². The highest BCUT2D eigenvalue weighted by atomic mass is 28.1. The fraction of sp³-hybridized carbons (Fsp3) is 0.714. The van der Waals surface area contributed by atoms with E-state index in [9.17, 15) is 0 Å². The molecule has 48 valence electrons. The lowest BCUT2D eigenvalue weighted by atomic mass is 10.1. The number of hydrogen-bond donors (Lipinski definition) is 0. The van der Waals surface area contributed by atoms with Crippen LogP contribution in [0.5, 0.6) is 0 Å². The van der Waals surface area contributed by atoms with E-state index in [1.165, 1.54) is 29.1 Å². The predicted octanol–water partition coefficient (Wildman–Crippen LogP) is 1.52. The molecule has 0 unspecified atom stereocenters. The molecule has 0 aliphatic heterocycles. The van der Waals surface area contributed by atoms with E-state index in [1.807, 2.05) is 0 Å². The van der Waals surface area contributed by atoms with Crippen LogP contribution in [0.4, 0.5) is 0 Å². The van der Waals surface area contributed by atoms with Crippen LogP contribution in [-0.4, -0.2) is 10.2 Å². The fourth-order valence-corrected chi connectivity index (χ4v) is 1.40. The van der Waals surface area contributed by atoms with Crippen molar-refractivity contribution in [3.05, 3.63) is 11.6 Å². The topological polar surface area (TPSA) is 0 Å². The molecule has 0 aliphatic carbocycles. The van der Waals surface area contributed by atoms with Crippen LogP contribution >= 0.6 is 0 Å². The van der Waals surface area contributed by atoms with E-state index in [0.29, 0.717) is 0 Å². The van der Waals surface area contributed by atoms with Gasteiger partial charge in [0.15, 0.2) is 0 Å². The zero-order valence-corrected chi connectivity index (χ0v) is 8.20. The van der Waals surface area contributed by atoms with Gasteiger partial charge in [0.2, 0.25) is 0 Å². The molecule has 0 bridgehead atoms. The van der Waals surface area contributed by atoms with Crippen LogP contribution in [0.1, 0.15) is 26.7 Å². The standard InChI is InChI=1S/C7H16Si/c1-3-7(4-2)5-6-8/h5H,3-4,6H2,1-2,8H3. The van der Waals surface area contributed by atoms with Gasteiger partial charge in [0, 0.05) is 10.2 Å². The van der Waals surface area contributed by atoms with Gasteiger partial charge in [-0.3, -0.25) is 0 Å². The second kappa shape index (κ2) is 5.10. The van der Waals surface area contributed by atoms with Gasteiger partial charge in [0.25, 0.3) is 0 Å². The minimum Gasteiger partial charge on any atom is -0.0889 e. The lowest BCUT2D eigenvalue weighted by Crippen LogP contribution is -1.75. The maximum absolute atomic E-state index is 2.38. The minimum absolute atomic E-state index is 1.25. The summed E-state index contributed by atoms with van der Waals surface area (Å²) in [4.78, 5) is 0. The van der Waals surface area contributed by atoms with Crippen LogP contribution in [0, 0.1) is 0 Å². The fourth-order valence-electron chi connectivity index (χ4n) is 0.827. The molecule has 0 aromatic carbocycles. The molecule has 0 rings (SSSR count). The second-order valence-electron chi connectivity index (χ2n) is 1.98. The Morgan fingerprint density at radius 3 is 2.00 bits per heavy atom. The molecule has 0 nitrogen and oxygen atoms in total. The first kappa shape index (κ1) is 7.96. The molecule has 8 heavy (non-hydrogen) atoms. The Labute approximate surface area is 55.4 Å². The smallest absolute Gasteiger partial charge is 0.00756 e. The van der Waals surface area contributed by atoms with E-state index in [1.54, 1.807) is 5.57 Å². The van der Waals surface area contributed by atoms with Crippen LogP contribution in [0.2, 0.25) is 6.04 Å². The highest BCUT2D eigenvalue weighted by Crippen LogP contribution is 2.04. The van der Waals surface area contributed by atoms with Crippen molar-refractivity contribution >= 4 is 10.2 Å². The van der Waals surface area contributed by atoms with Crippen molar-refractivity contribution in [3.8, 4) is 0 Å². The van der Waals surface area contributed by atoms with E-state index in [0.717, 1.165) is 0 Å². The van der Waals surface area contributed by atoms with Gasteiger partial charge in [-0.15, -0.1) is 0 Å². The van der Waals surface area contributed by atoms with Crippen LogP contribution in [0.15, 0.2) is 11.6 Å². The summed E-state index contributed by atoms with van der Waals surface area (Å²) in [6.45, 7) is 4.46. The molecule has 0 fully saturated rings. The van der Waals surface area contributed by atoms with E-state index < -0.39 is 0 Å². The SMILES string of the molecule is CCC(=CC[SiH3])CC. The Balaban J connectivity index is 3.49. The van der Waals surface area contributed by atoms with E-state index >= 15 is 0 Å². The van der Waals surface area contributed by atoms with Crippen LogP contribution in [0.3, 0.4) is 0 Å². The van der Waals surface area contributed by atoms with E-state index in [4.69, 9.17) is 0 Å². The monoisotopic (exact) mass is 128 g/mol. The molecule has 0 atom stereocenters. The van der Waals surface area contributed by atoms with Crippen molar-refractivity contribution in [1.82, 2.24) is 0 Å². The van der Waals surface area contributed by atoms with Gasteiger partial charge in [-0.2, -0.15) is 0 Å². The Morgan fingerprint density at radius 2 is 1.88 bits per heavy atom. The van der Waals surface area contributed by atoms with E-state index in [2.05, 4.69) is 19.9 Å². The maximum Gasteiger partial charge on any atom is 0.00756 e. The average molecular weight is 128 g/mol. The Hall–Kier alpha value is -0.0431. The van der Waals surface area contributed by atoms with Crippen molar-refractivity contribution in [1.29, 1.82) is 0 Å². The summed E-state index contributed by atoms with van der Waals surface area (Å²) in [5.41, 5.74) is 1.63. The van der Waals surface area contributed by atoms with Crippen molar-refractivity contribution in [3.63, 3.8) is 0 Å². The molecule has 0 aromatic rings. The number of hydrogen-bond acceptors (Lipinski definition) is 0. The zero-order valence-electron chi connectivity index (χ0n) is 6.20. The molecule has 0 heterocycles. The summed E-state index contributed by atoms with van der Waals surface area (Å²) in [6.07, 6.45) is 4.88. The number of allylic oxidation sites excluding steroid dienone is 2. The van der Waals surface area contributed by atoms with Gasteiger partial charge < -0.3 is 0 Å². The minimum atomic E-state index is 1.25. The predicted molar refractivity (Wildman–Crippen MR) is 43.4 cm³/mol. The largest absolute Gasteiger partial charge is 0.0889 e. The molecule has 0 radical (unpaired) electrons. The summed E-state index contributed by atoms with van der Waals surface area (Å²) < 4.78 is 0. The Morgan fingerprint density at radius 1 is 1.38 bits per heavy atom. The molecular formula is C7H16Si. The molecule has 0 N–H and O–H groups in total. The summed E-state index contributed by atoms with van der Waals surface area (Å²) >= 11 is 0. The molecular weight excluding hydrogens is 112 g/mol. The lowest BCUT2D eigenvalue weighted by Gasteiger charge is -1.95. The molecule has 0 amide bonds. The highest BCUT2D eigenvalue weighted by molar-refractivity contribution is 6.09. The first-order chi connectivity index (χ1) is 3.85. The normalized spacial score (nSPS) is 9.25. The summed E-state index contributed by atoms with van der Waals surface area (Å²) in [7, 11) is 1.32. The first-order valence-corrected chi connectivity index (χ1v) is 4.94. The summed E-state index contributed by atoms with van der Waals surface area (Å²) in [5.74, 6) is 0. The molecule has 0 aromatic heterocycles. The van der Waals surface area contributed by atoms with Gasteiger partial charge in [0.1, 0.15) is 0 Å². The first-order valence-electron chi connectivity index (χ1n) is 3.53. The summed E-state index contributed by atoms with van der Waals surface area (Å²) in [5, 5.41) is 0. The molecule has 0 saturated heterocycles.